The smallest absolute Gasteiger partial charge is 0.276 e. The molecule has 29 heavy (non-hydrogen) atoms. The number of carbonyl (C=O) groups is 2. The van der Waals surface area contributed by atoms with E-state index in [4.69, 9.17) is 4.74 Å². The standard InChI is InChI=1S/C21H19FN4O3/c1-29-17-8-2-14(3-9-17)13-25-10-11-26-19(21(25)28)12-18(24-26)20(27)23-16-6-4-15(22)5-7-16/h2-9,12H,10-11,13H2,1H3,(H,23,27). The lowest BCUT2D eigenvalue weighted by Gasteiger charge is -2.27. The van der Waals surface area contributed by atoms with Crippen molar-refractivity contribution in [3.63, 3.8) is 0 Å². The molecule has 0 bridgehead atoms. The molecule has 1 aromatic heterocycles. The maximum atomic E-state index is 13.0. The van der Waals surface area contributed by atoms with Crippen LogP contribution >= 0.6 is 0 Å². The maximum absolute atomic E-state index is 13.0. The van der Waals surface area contributed by atoms with Gasteiger partial charge in [0, 0.05) is 24.8 Å². The number of hydrogen-bond acceptors (Lipinski definition) is 4. The van der Waals surface area contributed by atoms with Gasteiger partial charge in [0.2, 0.25) is 0 Å². The fourth-order valence-electron chi connectivity index (χ4n) is 3.18. The third kappa shape index (κ3) is 3.96. The number of hydrogen-bond donors (Lipinski definition) is 1. The Kier molecular flexibility index (Phi) is 4.99. The lowest BCUT2D eigenvalue weighted by molar-refractivity contribution is 0.0683. The van der Waals surface area contributed by atoms with Gasteiger partial charge in [-0.1, -0.05) is 12.1 Å². The number of carbonyl (C=O) groups excluding carboxylic acids is 2. The molecule has 0 radical (unpaired) electrons. The van der Waals surface area contributed by atoms with E-state index in [0.29, 0.717) is 31.0 Å². The summed E-state index contributed by atoms with van der Waals surface area (Å²) in [6.45, 7) is 1.46. The predicted molar refractivity (Wildman–Crippen MR) is 104 cm³/mol. The number of methoxy groups -OCH3 is 1. The molecular weight excluding hydrogens is 375 g/mol. The van der Waals surface area contributed by atoms with E-state index in [-0.39, 0.29) is 17.4 Å². The molecule has 2 heterocycles. The summed E-state index contributed by atoms with van der Waals surface area (Å²) < 4.78 is 19.7. The molecule has 0 saturated carbocycles. The van der Waals surface area contributed by atoms with E-state index in [9.17, 15) is 14.0 Å². The van der Waals surface area contributed by atoms with Gasteiger partial charge in [-0.15, -0.1) is 0 Å². The summed E-state index contributed by atoms with van der Waals surface area (Å²) in [6, 6.07) is 14.5. The molecule has 2 aromatic carbocycles. The number of nitrogens with one attached hydrogen (secondary N) is 1. The SMILES string of the molecule is COc1ccc(CN2CCn3nc(C(=O)Nc4ccc(F)cc4)cc3C2=O)cc1. The second-order valence-corrected chi connectivity index (χ2v) is 6.67. The average molecular weight is 394 g/mol. The van der Waals surface area contributed by atoms with Crippen molar-refractivity contribution in [2.75, 3.05) is 19.0 Å². The lowest BCUT2D eigenvalue weighted by atomic mass is 10.1. The predicted octanol–water partition coefficient (Wildman–Crippen LogP) is 2.94. The molecule has 0 unspecified atom stereocenters. The number of anilines is 1. The number of rotatable bonds is 5. The van der Waals surface area contributed by atoms with Crippen LogP contribution in [0.2, 0.25) is 0 Å². The minimum absolute atomic E-state index is 0.143. The lowest BCUT2D eigenvalue weighted by Crippen LogP contribution is -2.39. The number of benzene rings is 2. The van der Waals surface area contributed by atoms with Crippen LogP contribution in [-0.2, 0) is 13.1 Å². The Balaban J connectivity index is 1.47. The van der Waals surface area contributed by atoms with Gasteiger partial charge in [0.25, 0.3) is 11.8 Å². The highest BCUT2D eigenvalue weighted by molar-refractivity contribution is 6.04. The first-order chi connectivity index (χ1) is 14.0. The Labute approximate surface area is 166 Å². The Morgan fingerprint density at radius 2 is 1.86 bits per heavy atom. The van der Waals surface area contributed by atoms with Crippen LogP contribution in [-0.4, -0.2) is 40.1 Å². The molecule has 148 valence electrons. The minimum atomic E-state index is -0.451. The van der Waals surface area contributed by atoms with Crippen LogP contribution < -0.4 is 10.1 Å². The number of fused-ring (bicyclic) bond motifs is 1. The highest BCUT2D eigenvalue weighted by Gasteiger charge is 2.28. The van der Waals surface area contributed by atoms with Crippen LogP contribution in [0, 0.1) is 5.82 Å². The van der Waals surface area contributed by atoms with Gasteiger partial charge >= 0.3 is 0 Å². The summed E-state index contributed by atoms with van der Waals surface area (Å²) in [5.41, 5.74) is 1.95. The molecule has 7 nitrogen and oxygen atoms in total. The van der Waals surface area contributed by atoms with E-state index >= 15 is 0 Å². The summed E-state index contributed by atoms with van der Waals surface area (Å²) in [7, 11) is 1.61. The summed E-state index contributed by atoms with van der Waals surface area (Å²) in [5.74, 6) is -0.259. The maximum Gasteiger partial charge on any atom is 0.276 e. The average Bonchev–Trinajstić information content (AvgIpc) is 3.18. The van der Waals surface area contributed by atoms with Gasteiger partial charge in [-0.2, -0.15) is 5.10 Å². The van der Waals surface area contributed by atoms with Crippen molar-refractivity contribution in [1.82, 2.24) is 14.7 Å². The summed E-state index contributed by atoms with van der Waals surface area (Å²) in [4.78, 5) is 27.0. The molecule has 0 atom stereocenters. The molecule has 0 aliphatic carbocycles. The van der Waals surface area contributed by atoms with E-state index in [1.165, 1.54) is 30.3 Å². The number of ether oxygens (including phenoxy) is 1. The molecular formula is C21H19FN4O3. The molecule has 1 aliphatic heterocycles. The third-order valence-electron chi connectivity index (χ3n) is 4.74. The summed E-state index contributed by atoms with van der Waals surface area (Å²) >= 11 is 0. The molecule has 1 aliphatic rings. The van der Waals surface area contributed by atoms with Crippen LogP contribution in [0.3, 0.4) is 0 Å². The van der Waals surface area contributed by atoms with Crippen molar-refractivity contribution < 1.29 is 18.7 Å². The van der Waals surface area contributed by atoms with Crippen molar-refractivity contribution in [3.05, 3.63) is 77.4 Å². The van der Waals surface area contributed by atoms with Gasteiger partial charge in [0.1, 0.15) is 17.3 Å². The van der Waals surface area contributed by atoms with E-state index in [1.807, 2.05) is 24.3 Å². The summed E-state index contributed by atoms with van der Waals surface area (Å²) in [6.07, 6.45) is 0. The van der Waals surface area contributed by atoms with Crippen LogP contribution in [0.25, 0.3) is 0 Å². The Hall–Kier alpha value is -3.68. The van der Waals surface area contributed by atoms with Crippen LogP contribution in [0.1, 0.15) is 26.5 Å². The van der Waals surface area contributed by atoms with Crippen molar-refractivity contribution in [3.8, 4) is 5.75 Å². The Morgan fingerprint density at radius 3 is 2.55 bits per heavy atom. The van der Waals surface area contributed by atoms with Crippen molar-refractivity contribution in [1.29, 1.82) is 0 Å². The highest BCUT2D eigenvalue weighted by Crippen LogP contribution is 2.19. The van der Waals surface area contributed by atoms with Crippen molar-refractivity contribution in [2.24, 2.45) is 0 Å². The molecule has 3 aromatic rings. The number of amides is 2. The zero-order valence-electron chi connectivity index (χ0n) is 15.8. The Morgan fingerprint density at radius 1 is 1.14 bits per heavy atom. The van der Waals surface area contributed by atoms with Crippen LogP contribution in [0.15, 0.2) is 54.6 Å². The molecule has 8 heteroatoms. The van der Waals surface area contributed by atoms with Crippen molar-refractivity contribution >= 4 is 17.5 Å². The quantitative estimate of drug-likeness (QED) is 0.722. The summed E-state index contributed by atoms with van der Waals surface area (Å²) in [5, 5.41) is 6.90. The zero-order valence-corrected chi connectivity index (χ0v) is 15.8. The van der Waals surface area contributed by atoms with Crippen molar-refractivity contribution in [2.45, 2.75) is 13.1 Å². The molecule has 4 rings (SSSR count). The second-order valence-electron chi connectivity index (χ2n) is 6.67. The van der Waals surface area contributed by atoms with Crippen LogP contribution in [0.5, 0.6) is 5.75 Å². The zero-order chi connectivity index (χ0) is 20.4. The van der Waals surface area contributed by atoms with Crippen LogP contribution in [0.4, 0.5) is 10.1 Å². The van der Waals surface area contributed by atoms with E-state index in [0.717, 1.165) is 11.3 Å². The largest absolute Gasteiger partial charge is 0.497 e. The Bertz CT molecular complexity index is 1040. The molecule has 2 amide bonds. The fourth-order valence-corrected chi connectivity index (χ4v) is 3.18. The first-order valence-electron chi connectivity index (χ1n) is 9.10. The topological polar surface area (TPSA) is 76.5 Å². The second kappa shape index (κ2) is 7.75. The fraction of sp³-hybridized carbons (Fsp3) is 0.190. The first-order valence-corrected chi connectivity index (χ1v) is 9.10. The normalized spacial score (nSPS) is 13.2. The van der Waals surface area contributed by atoms with E-state index < -0.39 is 5.91 Å². The number of aromatic nitrogens is 2. The number of halogens is 1. The molecule has 0 spiro atoms. The molecule has 1 N–H and O–H groups in total. The van der Waals surface area contributed by atoms with E-state index in [2.05, 4.69) is 10.4 Å². The van der Waals surface area contributed by atoms with Gasteiger partial charge in [0.15, 0.2) is 5.69 Å². The monoisotopic (exact) mass is 394 g/mol. The van der Waals surface area contributed by atoms with Gasteiger partial charge in [0.05, 0.1) is 13.7 Å². The number of nitrogens with zero attached hydrogens (tertiary/aromatic N) is 3. The van der Waals surface area contributed by atoms with E-state index in [1.54, 1.807) is 16.7 Å². The van der Waals surface area contributed by atoms with Gasteiger partial charge < -0.3 is 15.0 Å². The van der Waals surface area contributed by atoms with Gasteiger partial charge in [-0.05, 0) is 42.0 Å². The van der Waals surface area contributed by atoms with Gasteiger partial charge in [-0.25, -0.2) is 4.39 Å². The third-order valence-corrected chi connectivity index (χ3v) is 4.74. The van der Waals surface area contributed by atoms with Gasteiger partial charge in [-0.3, -0.25) is 14.3 Å². The minimum Gasteiger partial charge on any atom is -0.497 e. The first kappa shape index (κ1) is 18.7. The molecule has 0 saturated heterocycles. The highest BCUT2D eigenvalue weighted by atomic mass is 19.1. The molecule has 0 fully saturated rings.